The van der Waals surface area contributed by atoms with E-state index in [4.69, 9.17) is 4.74 Å². The van der Waals surface area contributed by atoms with Crippen LogP contribution in [0.15, 0.2) is 54.2 Å². The minimum Gasteiger partial charge on any atom is -0.494 e. The molecule has 0 spiro atoms. The molecule has 0 aliphatic heterocycles. The number of anilines is 1. The Bertz CT molecular complexity index is 979. The monoisotopic (exact) mass is 394 g/mol. The molecule has 1 unspecified atom stereocenters. The van der Waals surface area contributed by atoms with E-state index in [-0.39, 0.29) is 11.3 Å². The van der Waals surface area contributed by atoms with Crippen LogP contribution < -0.4 is 15.4 Å². The van der Waals surface area contributed by atoms with Gasteiger partial charge in [0.05, 0.1) is 17.6 Å². The highest BCUT2D eigenvalue weighted by molar-refractivity contribution is 5.97. The van der Waals surface area contributed by atoms with Crippen molar-refractivity contribution in [2.45, 2.75) is 26.8 Å². The number of nitro benzene ring substituents is 1. The van der Waals surface area contributed by atoms with E-state index < -0.39 is 16.9 Å². The van der Waals surface area contributed by atoms with E-state index in [0.717, 1.165) is 11.1 Å². The minimum absolute atomic E-state index is 0.0946. The lowest BCUT2D eigenvalue weighted by Gasteiger charge is -2.18. The Morgan fingerprint density at radius 3 is 2.76 bits per heavy atom. The summed E-state index contributed by atoms with van der Waals surface area (Å²) in [7, 11) is 0. The maximum atomic E-state index is 12.5. The second kappa shape index (κ2) is 9.90. The highest BCUT2D eigenvalue weighted by atomic mass is 16.6. The predicted molar refractivity (Wildman–Crippen MR) is 109 cm³/mol. The molecule has 0 bridgehead atoms. The van der Waals surface area contributed by atoms with E-state index in [9.17, 15) is 20.2 Å². The largest absolute Gasteiger partial charge is 0.494 e. The summed E-state index contributed by atoms with van der Waals surface area (Å²) in [4.78, 5) is 22.8. The van der Waals surface area contributed by atoms with Crippen LogP contribution in [0.2, 0.25) is 0 Å². The van der Waals surface area contributed by atoms with Crippen molar-refractivity contribution in [1.29, 1.82) is 5.26 Å². The van der Waals surface area contributed by atoms with Gasteiger partial charge in [-0.3, -0.25) is 14.9 Å². The predicted octanol–water partition coefficient (Wildman–Crippen LogP) is 4.00. The smallest absolute Gasteiger partial charge is 0.271 e. The van der Waals surface area contributed by atoms with Crippen LogP contribution in [-0.2, 0) is 4.79 Å². The van der Waals surface area contributed by atoms with Crippen LogP contribution in [0.5, 0.6) is 5.75 Å². The Morgan fingerprint density at radius 2 is 2.10 bits per heavy atom. The van der Waals surface area contributed by atoms with Crippen LogP contribution in [0.25, 0.3) is 0 Å². The third-order valence-corrected chi connectivity index (χ3v) is 4.08. The SMILES string of the molecule is CCOc1ccc(C)cc1C(C)NC(=O)/C(C#N)=C\Nc1cccc([N+](=O)[O-])c1. The Morgan fingerprint density at radius 1 is 1.34 bits per heavy atom. The minimum atomic E-state index is -0.568. The number of hydrogen-bond donors (Lipinski definition) is 2. The maximum absolute atomic E-state index is 12.5. The van der Waals surface area contributed by atoms with Gasteiger partial charge in [-0.05, 0) is 32.9 Å². The zero-order valence-electron chi connectivity index (χ0n) is 16.4. The molecule has 0 fully saturated rings. The highest BCUT2D eigenvalue weighted by Crippen LogP contribution is 2.26. The van der Waals surface area contributed by atoms with Gasteiger partial charge in [0.1, 0.15) is 17.4 Å². The lowest BCUT2D eigenvalue weighted by molar-refractivity contribution is -0.384. The first-order chi connectivity index (χ1) is 13.8. The molecular formula is C21H22N4O4. The second-order valence-corrected chi connectivity index (χ2v) is 6.29. The van der Waals surface area contributed by atoms with Crippen LogP contribution in [0.3, 0.4) is 0 Å². The van der Waals surface area contributed by atoms with E-state index >= 15 is 0 Å². The van der Waals surface area contributed by atoms with Crippen molar-refractivity contribution in [1.82, 2.24) is 5.32 Å². The molecule has 0 aliphatic carbocycles. The Balaban J connectivity index is 2.15. The fourth-order valence-corrected chi connectivity index (χ4v) is 2.66. The number of hydrogen-bond acceptors (Lipinski definition) is 6. The van der Waals surface area contributed by atoms with E-state index in [1.165, 1.54) is 24.4 Å². The van der Waals surface area contributed by atoms with Crippen molar-refractivity contribution in [3.63, 3.8) is 0 Å². The number of carbonyl (C=O) groups is 1. The molecule has 0 saturated carbocycles. The number of non-ortho nitro benzene ring substituents is 1. The van der Waals surface area contributed by atoms with Gasteiger partial charge in [-0.15, -0.1) is 0 Å². The van der Waals surface area contributed by atoms with Gasteiger partial charge in [0.15, 0.2) is 0 Å². The number of nitrogens with zero attached hydrogens (tertiary/aromatic N) is 2. The summed E-state index contributed by atoms with van der Waals surface area (Å²) in [5.74, 6) is 0.102. The molecule has 29 heavy (non-hydrogen) atoms. The fraction of sp³-hybridized carbons (Fsp3) is 0.238. The summed E-state index contributed by atoms with van der Waals surface area (Å²) in [6.07, 6.45) is 1.22. The number of carbonyl (C=O) groups excluding carboxylic acids is 1. The van der Waals surface area contributed by atoms with Gasteiger partial charge < -0.3 is 15.4 Å². The molecule has 2 aromatic carbocycles. The first-order valence-corrected chi connectivity index (χ1v) is 9.01. The van der Waals surface area contributed by atoms with Gasteiger partial charge in [0.25, 0.3) is 11.6 Å². The Hall–Kier alpha value is -3.86. The number of amides is 1. The summed E-state index contributed by atoms with van der Waals surface area (Å²) in [5.41, 5.74) is 1.97. The van der Waals surface area contributed by atoms with Crippen molar-refractivity contribution < 1.29 is 14.5 Å². The topological polar surface area (TPSA) is 117 Å². The average molecular weight is 394 g/mol. The summed E-state index contributed by atoms with van der Waals surface area (Å²) >= 11 is 0. The summed E-state index contributed by atoms with van der Waals surface area (Å²) in [6.45, 7) is 6.12. The molecule has 1 amide bonds. The molecular weight excluding hydrogens is 372 g/mol. The second-order valence-electron chi connectivity index (χ2n) is 6.29. The number of nitrogens with one attached hydrogen (secondary N) is 2. The first kappa shape index (κ1) is 21.4. The molecule has 1 atom stereocenters. The molecule has 2 aromatic rings. The van der Waals surface area contributed by atoms with Crippen LogP contribution in [-0.4, -0.2) is 17.4 Å². The molecule has 150 valence electrons. The van der Waals surface area contributed by atoms with Crippen LogP contribution >= 0.6 is 0 Å². The van der Waals surface area contributed by atoms with Gasteiger partial charge >= 0.3 is 0 Å². The lowest BCUT2D eigenvalue weighted by Crippen LogP contribution is -2.28. The zero-order chi connectivity index (χ0) is 21.4. The van der Waals surface area contributed by atoms with E-state index in [2.05, 4.69) is 10.6 Å². The van der Waals surface area contributed by atoms with E-state index in [1.807, 2.05) is 38.1 Å². The zero-order valence-corrected chi connectivity index (χ0v) is 16.4. The summed E-state index contributed by atoms with van der Waals surface area (Å²) in [5, 5.41) is 25.7. The number of nitro groups is 1. The van der Waals surface area contributed by atoms with Gasteiger partial charge in [-0.2, -0.15) is 5.26 Å². The molecule has 0 heterocycles. The molecule has 2 N–H and O–H groups in total. The van der Waals surface area contributed by atoms with Crippen molar-refractivity contribution in [3.05, 3.63) is 75.5 Å². The van der Waals surface area contributed by atoms with Crippen molar-refractivity contribution in [3.8, 4) is 11.8 Å². The molecule has 0 saturated heterocycles. The van der Waals surface area contributed by atoms with Crippen LogP contribution in [0.4, 0.5) is 11.4 Å². The standard InChI is InChI=1S/C21H22N4O4/c1-4-29-20-9-8-14(2)10-19(20)15(3)24-21(26)16(12-22)13-23-17-6-5-7-18(11-17)25(27)28/h5-11,13,15,23H,4H2,1-3H3,(H,24,26)/b16-13-. The third kappa shape index (κ3) is 5.81. The number of ether oxygens (including phenoxy) is 1. The van der Waals surface area contributed by atoms with E-state index in [1.54, 1.807) is 13.0 Å². The normalized spacial score (nSPS) is 11.9. The molecule has 2 rings (SSSR count). The molecule has 8 heteroatoms. The van der Waals surface area contributed by atoms with Crippen LogP contribution in [0.1, 0.15) is 31.0 Å². The number of nitriles is 1. The maximum Gasteiger partial charge on any atom is 0.271 e. The molecule has 0 radical (unpaired) electrons. The number of benzene rings is 2. The lowest BCUT2D eigenvalue weighted by atomic mass is 10.0. The summed E-state index contributed by atoms with van der Waals surface area (Å²) in [6, 6.07) is 12.9. The Labute approximate surface area is 169 Å². The van der Waals surface area contributed by atoms with E-state index in [0.29, 0.717) is 18.0 Å². The molecule has 8 nitrogen and oxygen atoms in total. The Kier molecular flexibility index (Phi) is 7.32. The highest BCUT2D eigenvalue weighted by Gasteiger charge is 2.17. The molecule has 0 aliphatic rings. The summed E-state index contributed by atoms with van der Waals surface area (Å²) < 4.78 is 5.62. The van der Waals surface area contributed by atoms with Gasteiger partial charge in [-0.25, -0.2) is 0 Å². The van der Waals surface area contributed by atoms with Gasteiger partial charge in [-0.1, -0.05) is 23.8 Å². The van der Waals surface area contributed by atoms with Crippen molar-refractivity contribution in [2.75, 3.05) is 11.9 Å². The third-order valence-electron chi connectivity index (χ3n) is 4.08. The van der Waals surface area contributed by atoms with Crippen LogP contribution in [0, 0.1) is 28.4 Å². The first-order valence-electron chi connectivity index (χ1n) is 9.01. The average Bonchev–Trinajstić information content (AvgIpc) is 2.70. The number of aryl methyl sites for hydroxylation is 1. The van der Waals surface area contributed by atoms with Crippen molar-refractivity contribution >= 4 is 17.3 Å². The number of rotatable bonds is 8. The van der Waals surface area contributed by atoms with Gasteiger partial charge in [0, 0.05) is 29.6 Å². The van der Waals surface area contributed by atoms with Crippen molar-refractivity contribution in [2.24, 2.45) is 0 Å². The fourth-order valence-electron chi connectivity index (χ4n) is 2.66. The quantitative estimate of drug-likeness (QED) is 0.302. The van der Waals surface area contributed by atoms with Gasteiger partial charge in [0.2, 0.25) is 0 Å². The molecule has 0 aromatic heterocycles.